The van der Waals surface area contributed by atoms with Gasteiger partial charge >= 0.3 is 0 Å². The number of carbonyl (C=O) groups excluding carboxylic acids is 1. The molecule has 0 aliphatic heterocycles. The van der Waals surface area contributed by atoms with Crippen molar-refractivity contribution >= 4 is 17.5 Å². The number of hydrogen-bond donors (Lipinski definition) is 2. The van der Waals surface area contributed by atoms with Gasteiger partial charge in [-0.3, -0.25) is 4.79 Å². The van der Waals surface area contributed by atoms with Gasteiger partial charge in [0.1, 0.15) is 5.82 Å². The molecule has 0 aliphatic rings. The van der Waals surface area contributed by atoms with Crippen LogP contribution in [-0.4, -0.2) is 24.2 Å². The van der Waals surface area contributed by atoms with E-state index in [-0.39, 0.29) is 29.0 Å². The Kier molecular flexibility index (Phi) is 5.92. The van der Waals surface area contributed by atoms with Gasteiger partial charge in [-0.2, -0.15) is 0 Å². The predicted molar refractivity (Wildman–Crippen MR) is 84.6 cm³/mol. The molecule has 2 rings (SSSR count). The molecule has 2 N–H and O–H groups in total. The Morgan fingerprint density at radius 1 is 1.23 bits per heavy atom. The van der Waals surface area contributed by atoms with Gasteiger partial charge in [-0.15, -0.1) is 0 Å². The third-order valence-electron chi connectivity index (χ3n) is 3.44. The van der Waals surface area contributed by atoms with Gasteiger partial charge in [-0.1, -0.05) is 41.9 Å². The van der Waals surface area contributed by atoms with Gasteiger partial charge in [0.05, 0.1) is 5.02 Å². The van der Waals surface area contributed by atoms with E-state index >= 15 is 0 Å². The molecular weight excluding hydrogens is 305 g/mol. The fraction of sp³-hybridized carbons (Fsp3) is 0.235. The molecule has 3 nitrogen and oxygen atoms in total. The summed E-state index contributed by atoms with van der Waals surface area (Å²) >= 11 is 5.60. The Labute approximate surface area is 133 Å². The number of amides is 1. The number of carbonyl (C=O) groups is 1. The van der Waals surface area contributed by atoms with Crippen molar-refractivity contribution in [3.8, 4) is 0 Å². The van der Waals surface area contributed by atoms with Crippen LogP contribution in [0.5, 0.6) is 0 Å². The average molecular weight is 322 g/mol. The van der Waals surface area contributed by atoms with Gasteiger partial charge in [0, 0.05) is 24.6 Å². The molecule has 5 heteroatoms. The van der Waals surface area contributed by atoms with Crippen molar-refractivity contribution in [2.24, 2.45) is 0 Å². The highest BCUT2D eigenvalue weighted by Gasteiger charge is 2.14. The second kappa shape index (κ2) is 7.92. The zero-order valence-electron chi connectivity index (χ0n) is 11.9. The highest BCUT2D eigenvalue weighted by atomic mass is 35.5. The maximum absolute atomic E-state index is 13.4. The van der Waals surface area contributed by atoms with Crippen LogP contribution in [0.1, 0.15) is 28.3 Å². The summed E-state index contributed by atoms with van der Waals surface area (Å²) in [6, 6.07) is 13.6. The summed E-state index contributed by atoms with van der Waals surface area (Å²) in [5, 5.41) is 11.9. The zero-order valence-corrected chi connectivity index (χ0v) is 12.7. The van der Waals surface area contributed by atoms with Crippen LogP contribution in [0.15, 0.2) is 48.5 Å². The lowest BCUT2D eigenvalue weighted by Gasteiger charge is -2.17. The van der Waals surface area contributed by atoms with Crippen molar-refractivity contribution in [1.82, 2.24) is 5.32 Å². The van der Waals surface area contributed by atoms with E-state index in [1.807, 2.05) is 30.3 Å². The summed E-state index contributed by atoms with van der Waals surface area (Å²) < 4.78 is 13.4. The second-order valence-electron chi connectivity index (χ2n) is 4.96. The van der Waals surface area contributed by atoms with Gasteiger partial charge in [0.15, 0.2) is 0 Å². The first-order chi connectivity index (χ1) is 10.6. The highest BCUT2D eigenvalue weighted by Crippen LogP contribution is 2.19. The van der Waals surface area contributed by atoms with Gasteiger partial charge in [0.25, 0.3) is 5.91 Å². The third kappa shape index (κ3) is 4.29. The molecule has 0 aliphatic carbocycles. The van der Waals surface area contributed by atoms with Crippen LogP contribution < -0.4 is 5.32 Å². The number of benzene rings is 2. The largest absolute Gasteiger partial charge is 0.396 e. The first-order valence-corrected chi connectivity index (χ1v) is 7.38. The zero-order chi connectivity index (χ0) is 15.9. The SMILES string of the molecule is O=C(NCC(CCO)c1ccccc1)c1ccc(Cl)c(F)c1. The Morgan fingerprint density at radius 2 is 1.95 bits per heavy atom. The molecule has 0 fully saturated rings. The first-order valence-electron chi connectivity index (χ1n) is 7.01. The van der Waals surface area contributed by atoms with E-state index in [1.54, 1.807) is 0 Å². The average Bonchev–Trinajstić information content (AvgIpc) is 2.54. The molecule has 2 aromatic rings. The molecule has 1 amide bonds. The monoisotopic (exact) mass is 321 g/mol. The Morgan fingerprint density at radius 3 is 2.59 bits per heavy atom. The van der Waals surface area contributed by atoms with Crippen LogP contribution in [0.25, 0.3) is 0 Å². The summed E-state index contributed by atoms with van der Waals surface area (Å²) in [4.78, 5) is 12.1. The molecule has 0 saturated carbocycles. The highest BCUT2D eigenvalue weighted by molar-refractivity contribution is 6.30. The van der Waals surface area contributed by atoms with E-state index in [0.717, 1.165) is 11.6 Å². The summed E-state index contributed by atoms with van der Waals surface area (Å²) in [5.41, 5.74) is 1.26. The molecule has 22 heavy (non-hydrogen) atoms. The fourth-order valence-electron chi connectivity index (χ4n) is 2.22. The van der Waals surface area contributed by atoms with Crippen molar-refractivity contribution in [3.63, 3.8) is 0 Å². The summed E-state index contributed by atoms with van der Waals surface area (Å²) in [7, 11) is 0. The minimum atomic E-state index is -0.621. The van der Waals surface area contributed by atoms with E-state index in [2.05, 4.69) is 5.32 Å². The maximum Gasteiger partial charge on any atom is 0.251 e. The van der Waals surface area contributed by atoms with Crippen LogP contribution in [0.2, 0.25) is 5.02 Å². The topological polar surface area (TPSA) is 49.3 Å². The predicted octanol–water partition coefficient (Wildman–Crippen LogP) is 3.38. The quantitative estimate of drug-likeness (QED) is 0.857. The van der Waals surface area contributed by atoms with Crippen molar-refractivity contribution in [2.75, 3.05) is 13.2 Å². The lowest BCUT2D eigenvalue weighted by Crippen LogP contribution is -2.29. The number of aliphatic hydroxyl groups is 1. The van der Waals surface area contributed by atoms with Crippen molar-refractivity contribution in [3.05, 3.63) is 70.5 Å². The molecule has 1 unspecified atom stereocenters. The minimum Gasteiger partial charge on any atom is -0.396 e. The standard InChI is InChI=1S/C17H17ClFNO2/c18-15-7-6-13(10-16(15)19)17(22)20-11-14(8-9-21)12-4-2-1-3-5-12/h1-7,10,14,21H,8-9,11H2,(H,20,22). The van der Waals surface area contributed by atoms with E-state index < -0.39 is 5.82 Å². The molecule has 0 spiro atoms. The molecular formula is C17H17ClFNO2. The molecule has 0 aromatic heterocycles. The van der Waals surface area contributed by atoms with Gasteiger partial charge < -0.3 is 10.4 Å². The Balaban J connectivity index is 2.02. The van der Waals surface area contributed by atoms with Crippen molar-refractivity contribution < 1.29 is 14.3 Å². The number of rotatable bonds is 6. The fourth-order valence-corrected chi connectivity index (χ4v) is 2.34. The number of hydrogen-bond acceptors (Lipinski definition) is 2. The van der Waals surface area contributed by atoms with E-state index in [0.29, 0.717) is 13.0 Å². The van der Waals surface area contributed by atoms with E-state index in [4.69, 9.17) is 11.6 Å². The molecule has 116 valence electrons. The molecule has 2 aromatic carbocycles. The smallest absolute Gasteiger partial charge is 0.251 e. The Hall–Kier alpha value is -1.91. The Bertz CT molecular complexity index is 634. The van der Waals surface area contributed by atoms with Crippen LogP contribution >= 0.6 is 11.6 Å². The van der Waals surface area contributed by atoms with Crippen LogP contribution in [0.4, 0.5) is 4.39 Å². The first kappa shape index (κ1) is 16.5. The maximum atomic E-state index is 13.4. The van der Waals surface area contributed by atoms with Gasteiger partial charge in [0.2, 0.25) is 0 Å². The second-order valence-corrected chi connectivity index (χ2v) is 5.37. The number of nitrogens with one attached hydrogen (secondary N) is 1. The molecule has 0 saturated heterocycles. The van der Waals surface area contributed by atoms with E-state index in [9.17, 15) is 14.3 Å². The van der Waals surface area contributed by atoms with Crippen molar-refractivity contribution in [2.45, 2.75) is 12.3 Å². The van der Waals surface area contributed by atoms with Crippen LogP contribution in [0.3, 0.4) is 0 Å². The number of aliphatic hydroxyl groups excluding tert-OH is 1. The van der Waals surface area contributed by atoms with Crippen LogP contribution in [0, 0.1) is 5.82 Å². The lowest BCUT2D eigenvalue weighted by atomic mass is 9.96. The third-order valence-corrected chi connectivity index (χ3v) is 3.75. The van der Waals surface area contributed by atoms with Gasteiger partial charge in [-0.25, -0.2) is 4.39 Å². The summed E-state index contributed by atoms with van der Waals surface area (Å²) in [6.45, 7) is 0.401. The summed E-state index contributed by atoms with van der Waals surface area (Å²) in [5.74, 6) is -0.981. The van der Waals surface area contributed by atoms with Gasteiger partial charge in [-0.05, 0) is 30.2 Å². The van der Waals surface area contributed by atoms with E-state index in [1.165, 1.54) is 12.1 Å². The molecule has 0 bridgehead atoms. The normalized spacial score (nSPS) is 12.0. The molecule has 0 heterocycles. The lowest BCUT2D eigenvalue weighted by molar-refractivity contribution is 0.0949. The number of halogens is 2. The molecule has 0 radical (unpaired) electrons. The molecule has 1 atom stereocenters. The summed E-state index contributed by atoms with van der Waals surface area (Å²) in [6.07, 6.45) is 0.541. The van der Waals surface area contributed by atoms with Crippen molar-refractivity contribution in [1.29, 1.82) is 0 Å². The van der Waals surface area contributed by atoms with Crippen LogP contribution in [-0.2, 0) is 0 Å². The minimum absolute atomic E-state index is 0.00676.